The molecule has 0 aliphatic rings. The average molecular weight is 219 g/mol. The Morgan fingerprint density at radius 2 is 2.38 bits per heavy atom. The SMILES string of the molecule is COc1ccc(C(=O)NCCC#N)c(N)c1. The van der Waals surface area contributed by atoms with E-state index in [0.29, 0.717) is 23.5 Å². The van der Waals surface area contributed by atoms with Gasteiger partial charge in [-0.15, -0.1) is 0 Å². The highest BCUT2D eigenvalue weighted by atomic mass is 16.5. The molecule has 0 aliphatic heterocycles. The van der Waals surface area contributed by atoms with Crippen molar-refractivity contribution in [2.45, 2.75) is 6.42 Å². The fourth-order valence-electron chi connectivity index (χ4n) is 1.20. The molecular formula is C11H13N3O2. The lowest BCUT2D eigenvalue weighted by molar-refractivity contribution is 0.0955. The molecular weight excluding hydrogens is 206 g/mol. The van der Waals surface area contributed by atoms with E-state index in [2.05, 4.69) is 5.32 Å². The third kappa shape index (κ3) is 2.89. The summed E-state index contributed by atoms with van der Waals surface area (Å²) in [5, 5.41) is 10.9. The Bertz CT molecular complexity index is 424. The van der Waals surface area contributed by atoms with Crippen LogP contribution in [-0.2, 0) is 0 Å². The summed E-state index contributed by atoms with van der Waals surface area (Å²) < 4.78 is 4.97. The van der Waals surface area contributed by atoms with Gasteiger partial charge in [0.2, 0.25) is 0 Å². The maximum Gasteiger partial charge on any atom is 0.253 e. The van der Waals surface area contributed by atoms with Gasteiger partial charge in [-0.05, 0) is 12.1 Å². The van der Waals surface area contributed by atoms with Gasteiger partial charge in [0.1, 0.15) is 5.75 Å². The number of hydrogen-bond donors (Lipinski definition) is 2. The van der Waals surface area contributed by atoms with Crippen molar-refractivity contribution in [2.24, 2.45) is 0 Å². The van der Waals surface area contributed by atoms with E-state index >= 15 is 0 Å². The predicted octanol–water partition coefficient (Wildman–Crippen LogP) is 0.921. The molecule has 0 heterocycles. The molecule has 3 N–H and O–H groups in total. The van der Waals surface area contributed by atoms with E-state index in [9.17, 15) is 4.79 Å². The molecule has 0 aromatic heterocycles. The first-order valence-electron chi connectivity index (χ1n) is 4.77. The van der Waals surface area contributed by atoms with E-state index in [4.69, 9.17) is 15.7 Å². The van der Waals surface area contributed by atoms with Crippen LogP contribution in [0.25, 0.3) is 0 Å². The van der Waals surface area contributed by atoms with Gasteiger partial charge in [-0.25, -0.2) is 0 Å². The number of methoxy groups -OCH3 is 1. The summed E-state index contributed by atoms with van der Waals surface area (Å²) in [6.07, 6.45) is 0.280. The van der Waals surface area contributed by atoms with E-state index in [1.165, 1.54) is 7.11 Å². The average Bonchev–Trinajstić information content (AvgIpc) is 2.29. The third-order valence-electron chi connectivity index (χ3n) is 2.03. The van der Waals surface area contributed by atoms with Gasteiger partial charge >= 0.3 is 0 Å². The first kappa shape index (κ1) is 11.9. The summed E-state index contributed by atoms with van der Waals surface area (Å²) in [6.45, 7) is 0.320. The number of benzene rings is 1. The van der Waals surface area contributed by atoms with Crippen LogP contribution in [0.5, 0.6) is 5.75 Å². The Morgan fingerprint density at radius 3 is 2.94 bits per heavy atom. The lowest BCUT2D eigenvalue weighted by Crippen LogP contribution is -2.25. The molecule has 0 fully saturated rings. The van der Waals surface area contributed by atoms with Crippen molar-refractivity contribution in [2.75, 3.05) is 19.4 Å². The van der Waals surface area contributed by atoms with Gasteiger partial charge in [-0.2, -0.15) is 5.26 Å². The highest BCUT2D eigenvalue weighted by molar-refractivity contribution is 5.99. The number of hydrogen-bond acceptors (Lipinski definition) is 4. The number of ether oxygens (including phenoxy) is 1. The van der Waals surface area contributed by atoms with Crippen LogP contribution in [0.4, 0.5) is 5.69 Å². The Labute approximate surface area is 93.8 Å². The van der Waals surface area contributed by atoms with Gasteiger partial charge in [-0.3, -0.25) is 4.79 Å². The van der Waals surface area contributed by atoms with Crippen molar-refractivity contribution in [3.05, 3.63) is 23.8 Å². The number of rotatable bonds is 4. The van der Waals surface area contributed by atoms with E-state index in [1.54, 1.807) is 18.2 Å². The first-order valence-corrected chi connectivity index (χ1v) is 4.77. The molecule has 0 aliphatic carbocycles. The summed E-state index contributed by atoms with van der Waals surface area (Å²) in [7, 11) is 1.53. The number of nitrogen functional groups attached to an aromatic ring is 1. The van der Waals surface area contributed by atoms with Crippen LogP contribution in [0.2, 0.25) is 0 Å². The molecule has 5 nitrogen and oxygen atoms in total. The monoisotopic (exact) mass is 219 g/mol. The van der Waals surface area contributed by atoms with Crippen LogP contribution in [0.3, 0.4) is 0 Å². The summed E-state index contributed by atoms with van der Waals surface area (Å²) in [5.41, 5.74) is 6.44. The van der Waals surface area contributed by atoms with Crippen LogP contribution in [0.1, 0.15) is 16.8 Å². The van der Waals surface area contributed by atoms with Crippen molar-refractivity contribution in [3.63, 3.8) is 0 Å². The van der Waals surface area contributed by atoms with Crippen molar-refractivity contribution in [3.8, 4) is 11.8 Å². The maximum absolute atomic E-state index is 11.6. The smallest absolute Gasteiger partial charge is 0.253 e. The quantitative estimate of drug-likeness (QED) is 0.582. The fraction of sp³-hybridized carbons (Fsp3) is 0.273. The summed E-state index contributed by atoms with van der Waals surface area (Å²) in [4.78, 5) is 11.6. The summed E-state index contributed by atoms with van der Waals surface area (Å²) in [5.74, 6) is 0.321. The largest absolute Gasteiger partial charge is 0.497 e. The van der Waals surface area contributed by atoms with Crippen molar-refractivity contribution in [1.82, 2.24) is 5.32 Å². The van der Waals surface area contributed by atoms with E-state index in [0.717, 1.165) is 0 Å². The van der Waals surface area contributed by atoms with Crippen LogP contribution in [-0.4, -0.2) is 19.6 Å². The lowest BCUT2D eigenvalue weighted by Gasteiger charge is -2.07. The Morgan fingerprint density at radius 1 is 1.62 bits per heavy atom. The third-order valence-corrected chi connectivity index (χ3v) is 2.03. The Balaban J connectivity index is 2.73. The zero-order valence-electron chi connectivity index (χ0n) is 8.99. The minimum Gasteiger partial charge on any atom is -0.497 e. The highest BCUT2D eigenvalue weighted by Crippen LogP contribution is 2.19. The van der Waals surface area contributed by atoms with Crippen molar-refractivity contribution < 1.29 is 9.53 Å². The number of nitrogens with zero attached hydrogens (tertiary/aromatic N) is 1. The second-order valence-electron chi connectivity index (χ2n) is 3.12. The summed E-state index contributed by atoms with van der Waals surface area (Å²) in [6, 6.07) is 6.78. The number of carbonyl (C=O) groups is 1. The van der Waals surface area contributed by atoms with Gasteiger partial charge in [0.05, 0.1) is 25.2 Å². The van der Waals surface area contributed by atoms with Crippen LogP contribution < -0.4 is 15.8 Å². The van der Waals surface area contributed by atoms with E-state index in [-0.39, 0.29) is 12.3 Å². The molecule has 84 valence electrons. The molecule has 0 saturated heterocycles. The molecule has 1 aromatic rings. The molecule has 0 spiro atoms. The predicted molar refractivity (Wildman–Crippen MR) is 60.0 cm³/mol. The number of nitrogens with one attached hydrogen (secondary N) is 1. The van der Waals surface area contributed by atoms with Gasteiger partial charge in [0.25, 0.3) is 5.91 Å². The Hall–Kier alpha value is -2.22. The number of amides is 1. The highest BCUT2D eigenvalue weighted by Gasteiger charge is 2.09. The van der Waals surface area contributed by atoms with Crippen molar-refractivity contribution >= 4 is 11.6 Å². The minimum absolute atomic E-state index is 0.280. The topological polar surface area (TPSA) is 88.1 Å². The van der Waals surface area contributed by atoms with Crippen LogP contribution >= 0.6 is 0 Å². The molecule has 5 heteroatoms. The fourth-order valence-corrected chi connectivity index (χ4v) is 1.20. The normalized spacial score (nSPS) is 9.25. The second-order valence-corrected chi connectivity index (χ2v) is 3.12. The van der Waals surface area contributed by atoms with E-state index in [1.807, 2.05) is 6.07 Å². The standard InChI is InChI=1S/C11H13N3O2/c1-16-8-3-4-9(10(13)7-8)11(15)14-6-2-5-12/h3-4,7H,2,6,13H2,1H3,(H,14,15). The lowest BCUT2D eigenvalue weighted by atomic mass is 10.1. The zero-order valence-corrected chi connectivity index (χ0v) is 8.99. The number of nitriles is 1. The molecule has 0 radical (unpaired) electrons. The number of anilines is 1. The van der Waals surface area contributed by atoms with Gasteiger partial charge in [0.15, 0.2) is 0 Å². The molecule has 1 amide bonds. The van der Waals surface area contributed by atoms with Crippen LogP contribution in [0.15, 0.2) is 18.2 Å². The maximum atomic E-state index is 11.6. The van der Waals surface area contributed by atoms with E-state index < -0.39 is 0 Å². The van der Waals surface area contributed by atoms with Gasteiger partial charge in [-0.1, -0.05) is 0 Å². The molecule has 1 aromatic carbocycles. The van der Waals surface area contributed by atoms with Crippen molar-refractivity contribution in [1.29, 1.82) is 5.26 Å². The van der Waals surface area contributed by atoms with Crippen LogP contribution in [0, 0.1) is 11.3 Å². The summed E-state index contributed by atoms with van der Waals surface area (Å²) >= 11 is 0. The molecule has 1 rings (SSSR count). The number of carbonyl (C=O) groups excluding carboxylic acids is 1. The Kier molecular flexibility index (Phi) is 4.16. The molecule has 16 heavy (non-hydrogen) atoms. The molecule has 0 atom stereocenters. The molecule has 0 bridgehead atoms. The first-order chi connectivity index (χ1) is 7.69. The number of nitrogens with two attached hydrogens (primary N) is 1. The molecule has 0 unspecified atom stereocenters. The minimum atomic E-state index is -0.282. The van der Waals surface area contributed by atoms with Gasteiger partial charge in [0, 0.05) is 18.3 Å². The molecule has 0 saturated carbocycles. The zero-order chi connectivity index (χ0) is 12.0. The van der Waals surface area contributed by atoms with Gasteiger partial charge < -0.3 is 15.8 Å². The second kappa shape index (κ2) is 5.61.